The lowest BCUT2D eigenvalue weighted by Crippen LogP contribution is -2.43. The van der Waals surface area contributed by atoms with Crippen molar-refractivity contribution in [2.45, 2.75) is 32.9 Å². The molecule has 0 fully saturated rings. The molecule has 0 aliphatic carbocycles. The van der Waals surface area contributed by atoms with Gasteiger partial charge in [-0.1, -0.05) is 32.0 Å². The lowest BCUT2D eigenvalue weighted by molar-refractivity contribution is -0.123. The molecule has 0 spiro atoms. The highest BCUT2D eigenvalue weighted by Gasteiger charge is 2.18. The van der Waals surface area contributed by atoms with E-state index in [4.69, 9.17) is 4.74 Å². The molecule has 4 nitrogen and oxygen atoms in total. The van der Waals surface area contributed by atoms with Crippen LogP contribution in [0.3, 0.4) is 0 Å². The Balaban J connectivity index is 2.67. The Morgan fingerprint density at radius 1 is 1.32 bits per heavy atom. The molecule has 4 heteroatoms. The number of methoxy groups -OCH3 is 1. The van der Waals surface area contributed by atoms with Crippen molar-refractivity contribution < 1.29 is 9.53 Å². The SMILES string of the molecule is CNC(=O)C(CC(C)C)NCc1ccccc1OC. The normalized spacial score (nSPS) is 12.3. The summed E-state index contributed by atoms with van der Waals surface area (Å²) in [4.78, 5) is 11.8. The Labute approximate surface area is 115 Å². The second-order valence-corrected chi connectivity index (χ2v) is 4.99. The molecular formula is C15H24N2O2. The van der Waals surface area contributed by atoms with E-state index in [2.05, 4.69) is 24.5 Å². The van der Waals surface area contributed by atoms with Crippen molar-refractivity contribution in [3.63, 3.8) is 0 Å². The van der Waals surface area contributed by atoms with Crippen LogP contribution in [0.1, 0.15) is 25.8 Å². The monoisotopic (exact) mass is 264 g/mol. The third kappa shape index (κ3) is 4.91. The summed E-state index contributed by atoms with van der Waals surface area (Å²) in [5.74, 6) is 1.34. The number of hydrogen-bond acceptors (Lipinski definition) is 3. The van der Waals surface area contributed by atoms with Crippen LogP contribution >= 0.6 is 0 Å². The van der Waals surface area contributed by atoms with Gasteiger partial charge in [-0.3, -0.25) is 4.79 Å². The van der Waals surface area contributed by atoms with Crippen LogP contribution in [0, 0.1) is 5.92 Å². The van der Waals surface area contributed by atoms with E-state index in [0.29, 0.717) is 12.5 Å². The summed E-state index contributed by atoms with van der Waals surface area (Å²) < 4.78 is 5.30. The first-order valence-corrected chi connectivity index (χ1v) is 6.65. The lowest BCUT2D eigenvalue weighted by atomic mass is 10.0. The third-order valence-corrected chi connectivity index (χ3v) is 3.00. The van der Waals surface area contributed by atoms with Crippen LogP contribution in [0.15, 0.2) is 24.3 Å². The van der Waals surface area contributed by atoms with Gasteiger partial charge in [-0.15, -0.1) is 0 Å². The highest BCUT2D eigenvalue weighted by Crippen LogP contribution is 2.17. The van der Waals surface area contributed by atoms with Gasteiger partial charge < -0.3 is 15.4 Å². The molecule has 1 rings (SSSR count). The van der Waals surface area contributed by atoms with Gasteiger partial charge in [-0.2, -0.15) is 0 Å². The molecule has 0 aliphatic heterocycles. The van der Waals surface area contributed by atoms with Crippen LogP contribution in [0.2, 0.25) is 0 Å². The standard InChI is InChI=1S/C15H24N2O2/c1-11(2)9-13(15(18)16-3)17-10-12-7-5-6-8-14(12)19-4/h5-8,11,13,17H,9-10H2,1-4H3,(H,16,18). The Morgan fingerprint density at radius 2 is 2.00 bits per heavy atom. The molecule has 0 aliphatic rings. The molecule has 2 N–H and O–H groups in total. The number of nitrogens with one attached hydrogen (secondary N) is 2. The molecule has 106 valence electrons. The number of para-hydroxylation sites is 1. The largest absolute Gasteiger partial charge is 0.496 e. The Bertz CT molecular complexity index is 405. The second-order valence-electron chi connectivity index (χ2n) is 4.99. The van der Waals surface area contributed by atoms with Crippen molar-refractivity contribution in [3.8, 4) is 5.75 Å². The van der Waals surface area contributed by atoms with Crippen molar-refractivity contribution in [3.05, 3.63) is 29.8 Å². The van der Waals surface area contributed by atoms with E-state index in [-0.39, 0.29) is 11.9 Å². The van der Waals surface area contributed by atoms with Crippen molar-refractivity contribution in [2.24, 2.45) is 5.92 Å². The molecule has 19 heavy (non-hydrogen) atoms. The number of benzene rings is 1. The smallest absolute Gasteiger partial charge is 0.236 e. The zero-order valence-corrected chi connectivity index (χ0v) is 12.2. The summed E-state index contributed by atoms with van der Waals surface area (Å²) in [5, 5.41) is 6.00. The molecule has 0 heterocycles. The van der Waals surface area contributed by atoms with E-state index in [1.54, 1.807) is 14.2 Å². The predicted octanol–water partition coefficient (Wildman–Crippen LogP) is 1.95. The number of carbonyl (C=O) groups is 1. The minimum Gasteiger partial charge on any atom is -0.496 e. The van der Waals surface area contributed by atoms with Crippen LogP contribution < -0.4 is 15.4 Å². The highest BCUT2D eigenvalue weighted by molar-refractivity contribution is 5.81. The average molecular weight is 264 g/mol. The third-order valence-electron chi connectivity index (χ3n) is 3.00. The van der Waals surface area contributed by atoms with Crippen LogP contribution in [-0.4, -0.2) is 26.1 Å². The molecule has 1 amide bonds. The first-order valence-electron chi connectivity index (χ1n) is 6.65. The van der Waals surface area contributed by atoms with E-state index in [1.165, 1.54) is 0 Å². The molecule has 0 radical (unpaired) electrons. The average Bonchev–Trinajstić information content (AvgIpc) is 2.42. The summed E-state index contributed by atoms with van der Waals surface area (Å²) in [5.41, 5.74) is 1.06. The van der Waals surface area contributed by atoms with Gasteiger partial charge in [0.15, 0.2) is 0 Å². The van der Waals surface area contributed by atoms with Crippen molar-refractivity contribution in [1.29, 1.82) is 0 Å². The maximum absolute atomic E-state index is 11.8. The Morgan fingerprint density at radius 3 is 2.58 bits per heavy atom. The van der Waals surface area contributed by atoms with Crippen molar-refractivity contribution in [2.75, 3.05) is 14.2 Å². The highest BCUT2D eigenvalue weighted by atomic mass is 16.5. The number of carbonyl (C=O) groups excluding carboxylic acids is 1. The molecule has 1 atom stereocenters. The number of ether oxygens (including phenoxy) is 1. The van der Waals surface area contributed by atoms with Crippen LogP contribution in [0.25, 0.3) is 0 Å². The second kappa shape index (κ2) is 7.79. The minimum absolute atomic E-state index is 0.0311. The number of hydrogen-bond donors (Lipinski definition) is 2. The summed E-state index contributed by atoms with van der Waals surface area (Å²) in [6, 6.07) is 7.66. The van der Waals surface area contributed by atoms with Crippen molar-refractivity contribution >= 4 is 5.91 Å². The maximum Gasteiger partial charge on any atom is 0.236 e. The summed E-state index contributed by atoms with van der Waals surface area (Å²) >= 11 is 0. The minimum atomic E-state index is -0.171. The zero-order chi connectivity index (χ0) is 14.3. The molecule has 1 unspecified atom stereocenters. The Kier molecular flexibility index (Phi) is 6.36. The van der Waals surface area contributed by atoms with Gasteiger partial charge in [0.05, 0.1) is 13.2 Å². The molecule has 0 saturated carbocycles. The predicted molar refractivity (Wildman–Crippen MR) is 77.1 cm³/mol. The first-order chi connectivity index (χ1) is 9.08. The van der Waals surface area contributed by atoms with Gasteiger partial charge in [0.1, 0.15) is 5.75 Å². The summed E-state index contributed by atoms with van der Waals surface area (Å²) in [7, 11) is 3.32. The van der Waals surface area contributed by atoms with Crippen LogP contribution in [0.4, 0.5) is 0 Å². The lowest BCUT2D eigenvalue weighted by Gasteiger charge is -2.19. The van der Waals surface area contributed by atoms with E-state index in [9.17, 15) is 4.79 Å². The summed E-state index contributed by atoms with van der Waals surface area (Å²) in [6.07, 6.45) is 0.814. The Hall–Kier alpha value is -1.55. The van der Waals surface area contributed by atoms with Crippen LogP contribution in [-0.2, 0) is 11.3 Å². The fraction of sp³-hybridized carbons (Fsp3) is 0.533. The van der Waals surface area contributed by atoms with Gasteiger partial charge in [0.25, 0.3) is 0 Å². The summed E-state index contributed by atoms with van der Waals surface area (Å²) in [6.45, 7) is 4.84. The van der Waals surface area contributed by atoms with E-state index < -0.39 is 0 Å². The van der Waals surface area contributed by atoms with E-state index >= 15 is 0 Å². The first kappa shape index (κ1) is 15.5. The topological polar surface area (TPSA) is 50.4 Å². The quantitative estimate of drug-likeness (QED) is 0.791. The molecule has 1 aromatic carbocycles. The van der Waals surface area contributed by atoms with Crippen LogP contribution in [0.5, 0.6) is 5.75 Å². The van der Waals surface area contributed by atoms with Gasteiger partial charge in [0.2, 0.25) is 5.91 Å². The van der Waals surface area contributed by atoms with Crippen molar-refractivity contribution in [1.82, 2.24) is 10.6 Å². The molecule has 1 aromatic rings. The van der Waals surface area contributed by atoms with Gasteiger partial charge in [-0.25, -0.2) is 0 Å². The van der Waals surface area contributed by atoms with Gasteiger partial charge in [-0.05, 0) is 18.4 Å². The molecule has 0 saturated heterocycles. The number of amides is 1. The zero-order valence-electron chi connectivity index (χ0n) is 12.2. The molecule has 0 aromatic heterocycles. The maximum atomic E-state index is 11.8. The number of likely N-dealkylation sites (N-methyl/N-ethyl adjacent to an activating group) is 1. The molecule has 0 bridgehead atoms. The van der Waals surface area contributed by atoms with E-state index in [0.717, 1.165) is 17.7 Å². The molecular weight excluding hydrogens is 240 g/mol. The number of rotatable bonds is 7. The van der Waals surface area contributed by atoms with Gasteiger partial charge in [0, 0.05) is 19.2 Å². The fourth-order valence-electron chi connectivity index (χ4n) is 2.01. The van der Waals surface area contributed by atoms with Gasteiger partial charge >= 0.3 is 0 Å². The fourth-order valence-corrected chi connectivity index (χ4v) is 2.01. The van der Waals surface area contributed by atoms with E-state index in [1.807, 2.05) is 24.3 Å².